The Morgan fingerprint density at radius 2 is 1.72 bits per heavy atom. The minimum absolute atomic E-state index is 0.0612. The van der Waals surface area contributed by atoms with Gasteiger partial charge in [-0.1, -0.05) is 58.4 Å². The van der Waals surface area contributed by atoms with Crippen LogP contribution in [-0.2, 0) is 4.79 Å². The number of hydrogen-bond donors (Lipinski definition) is 0. The van der Waals surface area contributed by atoms with Gasteiger partial charge in [0.05, 0.1) is 23.0 Å². The highest BCUT2D eigenvalue weighted by atomic mass is 79.9. The maximum Gasteiger partial charge on any atom is 0.262 e. The fourth-order valence-corrected chi connectivity index (χ4v) is 4.21. The quantitative estimate of drug-likeness (QED) is 0.366. The smallest absolute Gasteiger partial charge is 0.262 e. The number of carbonyl (C=O) groups excluding carboxylic acids is 1. The topological polar surface area (TPSA) is 29.5 Å². The number of rotatable bonds is 4. The third-order valence-corrected chi connectivity index (χ3v) is 5.73. The van der Waals surface area contributed by atoms with E-state index in [0.717, 1.165) is 37.2 Å². The Hall–Kier alpha value is -2.63. The van der Waals surface area contributed by atoms with Crippen LogP contribution in [0.2, 0.25) is 0 Å². The fraction of sp³-hybridized carbons (Fsp3) is 0.0417. The Bertz CT molecular complexity index is 1140. The summed E-state index contributed by atoms with van der Waals surface area (Å²) < 4.78 is 7.06. The van der Waals surface area contributed by atoms with E-state index in [0.29, 0.717) is 5.57 Å². The number of methoxy groups -OCH3 is 1. The molecule has 1 aliphatic heterocycles. The third kappa shape index (κ3) is 4.07. The van der Waals surface area contributed by atoms with Crippen LogP contribution in [0.3, 0.4) is 0 Å². The molecule has 5 heteroatoms. The highest BCUT2D eigenvalue weighted by molar-refractivity contribution is 9.10. The molecule has 3 nitrogen and oxygen atoms in total. The summed E-state index contributed by atoms with van der Waals surface area (Å²) in [6.45, 7) is 0. The Kier molecular flexibility index (Phi) is 5.69. The van der Waals surface area contributed by atoms with Gasteiger partial charge in [-0.2, -0.15) is 0 Å². The maximum atomic E-state index is 13.4. The average Bonchev–Trinajstić information content (AvgIpc) is 3.05. The van der Waals surface area contributed by atoms with E-state index in [9.17, 15) is 4.79 Å². The fourth-order valence-electron chi connectivity index (χ4n) is 3.26. The first-order valence-corrected chi connectivity index (χ1v) is 10.6. The van der Waals surface area contributed by atoms with Crippen molar-refractivity contribution in [2.45, 2.75) is 0 Å². The lowest BCUT2D eigenvalue weighted by molar-refractivity contribution is -0.113. The second-order valence-corrected chi connectivity index (χ2v) is 8.28. The summed E-state index contributed by atoms with van der Waals surface area (Å²) in [7, 11) is 1.63. The molecule has 0 saturated carbocycles. The normalized spacial score (nSPS) is 15.0. The molecule has 29 heavy (non-hydrogen) atoms. The maximum absolute atomic E-state index is 13.4. The van der Waals surface area contributed by atoms with Gasteiger partial charge in [0.15, 0.2) is 0 Å². The highest BCUT2D eigenvalue weighted by Crippen LogP contribution is 2.36. The summed E-state index contributed by atoms with van der Waals surface area (Å²) in [6, 6.07) is 23.4. The Morgan fingerprint density at radius 1 is 0.931 bits per heavy atom. The van der Waals surface area contributed by atoms with Crippen molar-refractivity contribution in [2.75, 3.05) is 12.0 Å². The molecule has 0 fully saturated rings. The summed E-state index contributed by atoms with van der Waals surface area (Å²) >= 11 is 7.01. The van der Waals surface area contributed by atoms with E-state index in [1.165, 1.54) is 0 Å². The molecule has 0 atom stereocenters. The Morgan fingerprint density at radius 3 is 2.41 bits per heavy atom. The van der Waals surface area contributed by atoms with Crippen molar-refractivity contribution in [1.29, 1.82) is 0 Å². The number of carbonyl (C=O) groups is 1. The number of anilines is 1. The second-order valence-electron chi connectivity index (χ2n) is 6.51. The SMILES string of the molecule is COc1ccc(/C=C2/C=C(c3ccccc3)N(c3cccc(Br)c3)C2=O)cc1Br. The van der Waals surface area contributed by atoms with Crippen LogP contribution in [-0.4, -0.2) is 13.0 Å². The van der Waals surface area contributed by atoms with E-state index < -0.39 is 0 Å². The first-order valence-electron chi connectivity index (χ1n) is 8.99. The molecule has 144 valence electrons. The molecule has 4 rings (SSSR count). The number of amides is 1. The molecule has 0 aliphatic carbocycles. The van der Waals surface area contributed by atoms with Crippen molar-refractivity contribution in [1.82, 2.24) is 0 Å². The molecule has 1 aliphatic rings. The predicted molar refractivity (Wildman–Crippen MR) is 125 cm³/mol. The van der Waals surface area contributed by atoms with Crippen molar-refractivity contribution in [3.8, 4) is 5.75 Å². The predicted octanol–water partition coefficient (Wildman–Crippen LogP) is 6.69. The number of halogens is 2. The van der Waals surface area contributed by atoms with Gasteiger partial charge in [0.1, 0.15) is 5.75 Å². The van der Waals surface area contributed by atoms with Crippen LogP contribution < -0.4 is 9.64 Å². The number of ether oxygens (including phenoxy) is 1. The molecule has 0 saturated heterocycles. The van der Waals surface area contributed by atoms with Crippen LogP contribution in [0.1, 0.15) is 11.1 Å². The molecule has 1 amide bonds. The van der Waals surface area contributed by atoms with E-state index >= 15 is 0 Å². The van der Waals surface area contributed by atoms with Gasteiger partial charge >= 0.3 is 0 Å². The number of hydrogen-bond acceptors (Lipinski definition) is 2. The monoisotopic (exact) mass is 509 g/mol. The first-order chi connectivity index (χ1) is 14.1. The van der Waals surface area contributed by atoms with Gasteiger partial charge < -0.3 is 4.74 Å². The Labute approximate surface area is 186 Å². The lowest BCUT2D eigenvalue weighted by atomic mass is 10.1. The van der Waals surface area contributed by atoms with Crippen molar-refractivity contribution in [3.63, 3.8) is 0 Å². The van der Waals surface area contributed by atoms with E-state index in [4.69, 9.17) is 4.74 Å². The summed E-state index contributed by atoms with van der Waals surface area (Å²) in [5.74, 6) is 0.690. The summed E-state index contributed by atoms with van der Waals surface area (Å²) in [6.07, 6.45) is 3.84. The molecule has 1 heterocycles. The highest BCUT2D eigenvalue weighted by Gasteiger charge is 2.30. The van der Waals surface area contributed by atoms with Crippen molar-refractivity contribution in [2.24, 2.45) is 0 Å². The molecular weight excluding hydrogens is 494 g/mol. The second kappa shape index (κ2) is 8.39. The van der Waals surface area contributed by atoms with Crippen LogP contribution >= 0.6 is 31.9 Å². The van der Waals surface area contributed by atoms with Gasteiger partial charge in [0.2, 0.25) is 0 Å². The van der Waals surface area contributed by atoms with Crippen molar-refractivity contribution >= 4 is 55.2 Å². The Balaban J connectivity index is 1.81. The third-order valence-electron chi connectivity index (χ3n) is 4.62. The van der Waals surface area contributed by atoms with Crippen LogP contribution in [0, 0.1) is 0 Å². The van der Waals surface area contributed by atoms with Crippen LogP contribution in [0.15, 0.2) is 93.4 Å². The molecular formula is C24H17Br2NO2. The van der Waals surface area contributed by atoms with Gasteiger partial charge in [-0.15, -0.1) is 0 Å². The summed E-state index contributed by atoms with van der Waals surface area (Å²) in [5, 5.41) is 0. The molecule has 0 spiro atoms. The van der Waals surface area contributed by atoms with Gasteiger partial charge in [0, 0.05) is 10.0 Å². The number of benzene rings is 3. The van der Waals surface area contributed by atoms with Crippen LogP contribution in [0.4, 0.5) is 5.69 Å². The van der Waals surface area contributed by atoms with E-state index in [-0.39, 0.29) is 5.91 Å². The first kappa shape index (κ1) is 19.7. The van der Waals surface area contributed by atoms with E-state index in [1.54, 1.807) is 12.0 Å². The average molecular weight is 511 g/mol. The molecule has 3 aromatic carbocycles. The lowest BCUT2D eigenvalue weighted by Gasteiger charge is -2.21. The van der Waals surface area contributed by atoms with E-state index in [2.05, 4.69) is 31.9 Å². The van der Waals surface area contributed by atoms with Crippen LogP contribution in [0.5, 0.6) is 5.75 Å². The zero-order valence-electron chi connectivity index (χ0n) is 15.6. The zero-order valence-corrected chi connectivity index (χ0v) is 18.8. The molecule has 0 unspecified atom stereocenters. The molecule has 3 aromatic rings. The zero-order chi connectivity index (χ0) is 20.4. The number of nitrogens with zero attached hydrogens (tertiary/aromatic N) is 1. The summed E-state index contributed by atoms with van der Waals surface area (Å²) in [5.41, 5.74) is 4.20. The van der Waals surface area contributed by atoms with Gasteiger partial charge in [-0.3, -0.25) is 9.69 Å². The van der Waals surface area contributed by atoms with E-state index in [1.807, 2.05) is 84.9 Å². The van der Waals surface area contributed by atoms with Gasteiger partial charge in [-0.25, -0.2) is 0 Å². The van der Waals surface area contributed by atoms with Gasteiger partial charge in [0.25, 0.3) is 5.91 Å². The van der Waals surface area contributed by atoms with Crippen molar-refractivity contribution < 1.29 is 9.53 Å². The largest absolute Gasteiger partial charge is 0.496 e. The minimum atomic E-state index is -0.0612. The molecule has 0 N–H and O–H groups in total. The lowest BCUT2D eigenvalue weighted by Crippen LogP contribution is -2.24. The van der Waals surface area contributed by atoms with Crippen molar-refractivity contribution in [3.05, 3.63) is 105 Å². The summed E-state index contributed by atoms with van der Waals surface area (Å²) in [4.78, 5) is 15.1. The van der Waals surface area contributed by atoms with Crippen LogP contribution in [0.25, 0.3) is 11.8 Å². The standard InChI is InChI=1S/C24H17Br2NO2/c1-29-23-11-10-16(13-21(23)26)12-18-14-22(17-6-3-2-4-7-17)27(24(18)28)20-9-5-8-19(25)15-20/h2-15H,1H3/b18-12-. The van der Waals surface area contributed by atoms with Gasteiger partial charge in [-0.05, 0) is 69.5 Å². The molecule has 0 radical (unpaired) electrons. The minimum Gasteiger partial charge on any atom is -0.496 e. The molecule has 0 bridgehead atoms. The molecule has 0 aromatic heterocycles.